The van der Waals surface area contributed by atoms with E-state index in [1.54, 1.807) is 24.3 Å². The number of ether oxygens (including phenoxy) is 1. The third-order valence-corrected chi connectivity index (χ3v) is 5.72. The maximum atomic E-state index is 11.8. The first-order valence-electron chi connectivity index (χ1n) is 6.32. The van der Waals surface area contributed by atoms with E-state index in [0.29, 0.717) is 24.5 Å². The highest BCUT2D eigenvalue weighted by Gasteiger charge is 2.59. The molecule has 1 heterocycles. The summed E-state index contributed by atoms with van der Waals surface area (Å²) in [5, 5.41) is 0. The average molecular weight is 298 g/mol. The molecule has 0 spiro atoms. The predicted octanol–water partition coefficient (Wildman–Crippen LogP) is 0.988. The third-order valence-electron chi connectivity index (χ3n) is 3.33. The van der Waals surface area contributed by atoms with Gasteiger partial charge in [0, 0.05) is 18.7 Å². The van der Waals surface area contributed by atoms with Gasteiger partial charge in [0.2, 0.25) is 0 Å². The summed E-state index contributed by atoms with van der Waals surface area (Å²) in [6.07, 6.45) is 0.450. The molecule has 0 atom stereocenters. The molecule has 110 valence electrons. The van der Waals surface area contributed by atoms with Crippen molar-refractivity contribution in [3.8, 4) is 5.75 Å². The van der Waals surface area contributed by atoms with E-state index in [4.69, 9.17) is 10.5 Å². The lowest BCUT2D eigenvalue weighted by Gasteiger charge is -2.43. The highest BCUT2D eigenvalue weighted by molar-refractivity contribution is 7.94. The van der Waals surface area contributed by atoms with Crippen molar-refractivity contribution in [2.45, 2.75) is 25.0 Å². The van der Waals surface area contributed by atoms with Crippen molar-refractivity contribution in [2.75, 3.05) is 18.9 Å². The largest absolute Gasteiger partial charge is 0.494 e. The average Bonchev–Trinajstić information content (AvgIpc) is 2.39. The van der Waals surface area contributed by atoms with Crippen molar-refractivity contribution in [1.82, 2.24) is 4.31 Å². The Kier molecular flexibility index (Phi) is 3.64. The molecule has 1 amide bonds. The summed E-state index contributed by atoms with van der Waals surface area (Å²) in [7, 11) is -3.49. The van der Waals surface area contributed by atoms with Gasteiger partial charge in [0.05, 0.1) is 6.61 Å². The molecule has 2 rings (SSSR count). The summed E-state index contributed by atoms with van der Waals surface area (Å²) in [5.74, 6) is 0.308. The first-order chi connectivity index (χ1) is 9.26. The second-order valence-electron chi connectivity index (χ2n) is 5.16. The number of benzene rings is 1. The number of rotatable bonds is 5. The van der Waals surface area contributed by atoms with Crippen LogP contribution >= 0.6 is 0 Å². The quantitative estimate of drug-likeness (QED) is 0.646. The minimum Gasteiger partial charge on any atom is -0.494 e. The number of hydrogen-bond donors (Lipinski definition) is 1. The van der Waals surface area contributed by atoms with Crippen molar-refractivity contribution >= 4 is 21.6 Å². The van der Waals surface area contributed by atoms with Crippen molar-refractivity contribution in [3.63, 3.8) is 0 Å². The third kappa shape index (κ3) is 2.33. The van der Waals surface area contributed by atoms with Gasteiger partial charge in [-0.15, -0.1) is 0 Å². The van der Waals surface area contributed by atoms with Crippen LogP contribution in [0.25, 0.3) is 0 Å². The van der Waals surface area contributed by atoms with Gasteiger partial charge in [-0.2, -0.15) is 0 Å². The molecule has 0 aliphatic carbocycles. The van der Waals surface area contributed by atoms with E-state index >= 15 is 0 Å². The fourth-order valence-electron chi connectivity index (χ4n) is 1.94. The summed E-state index contributed by atoms with van der Waals surface area (Å²) in [5.41, 5.74) is 6.20. The van der Waals surface area contributed by atoms with Gasteiger partial charge in [0.25, 0.3) is 15.9 Å². The lowest BCUT2D eigenvalue weighted by Crippen LogP contribution is -2.67. The van der Waals surface area contributed by atoms with Crippen LogP contribution in [0, 0.1) is 0 Å². The molecule has 0 aromatic heterocycles. The SMILES string of the molecule is CC1(C)C(=O)N(CCCOc2ccc(N)cc2)S1(=O)=O. The summed E-state index contributed by atoms with van der Waals surface area (Å²) < 4.78 is 28.7. The molecular formula is C13H18N2O4S. The molecule has 1 aromatic rings. The van der Waals surface area contributed by atoms with Crippen LogP contribution in [0.1, 0.15) is 20.3 Å². The molecule has 7 heteroatoms. The van der Waals surface area contributed by atoms with Crippen LogP contribution in [0.4, 0.5) is 5.69 Å². The molecule has 1 fully saturated rings. The Morgan fingerprint density at radius 1 is 1.25 bits per heavy atom. The summed E-state index contributed by atoms with van der Waals surface area (Å²) in [6.45, 7) is 3.33. The van der Waals surface area contributed by atoms with E-state index in [1.807, 2.05) is 0 Å². The number of nitrogens with zero attached hydrogens (tertiary/aromatic N) is 1. The van der Waals surface area contributed by atoms with E-state index in [-0.39, 0.29) is 12.5 Å². The van der Waals surface area contributed by atoms with Crippen molar-refractivity contribution in [1.29, 1.82) is 0 Å². The Bertz CT molecular complexity index is 608. The van der Waals surface area contributed by atoms with E-state index in [9.17, 15) is 13.2 Å². The molecule has 0 unspecified atom stereocenters. The number of carbonyl (C=O) groups excluding carboxylic acids is 1. The smallest absolute Gasteiger partial charge is 0.258 e. The van der Waals surface area contributed by atoms with Crippen LogP contribution in [0.2, 0.25) is 0 Å². The monoisotopic (exact) mass is 298 g/mol. The Morgan fingerprint density at radius 2 is 1.85 bits per heavy atom. The molecular weight excluding hydrogens is 280 g/mol. The van der Waals surface area contributed by atoms with Gasteiger partial charge in [-0.1, -0.05) is 0 Å². The van der Waals surface area contributed by atoms with E-state index in [2.05, 4.69) is 0 Å². The lowest BCUT2D eigenvalue weighted by molar-refractivity contribution is -0.132. The fraction of sp³-hybridized carbons (Fsp3) is 0.462. The second kappa shape index (κ2) is 4.97. The Morgan fingerprint density at radius 3 is 2.40 bits per heavy atom. The van der Waals surface area contributed by atoms with Crippen molar-refractivity contribution in [2.24, 2.45) is 0 Å². The summed E-state index contributed by atoms with van der Waals surface area (Å²) >= 11 is 0. The number of nitrogens with two attached hydrogens (primary N) is 1. The zero-order chi connectivity index (χ0) is 15.0. The van der Waals surface area contributed by atoms with Crippen LogP contribution in [0.15, 0.2) is 24.3 Å². The first-order valence-corrected chi connectivity index (χ1v) is 7.76. The number of amides is 1. The molecule has 1 aliphatic heterocycles. The summed E-state index contributed by atoms with van der Waals surface area (Å²) in [4.78, 5) is 11.7. The molecule has 20 heavy (non-hydrogen) atoms. The maximum Gasteiger partial charge on any atom is 0.258 e. The minimum atomic E-state index is -3.49. The van der Waals surface area contributed by atoms with Crippen LogP contribution in [-0.2, 0) is 14.8 Å². The van der Waals surface area contributed by atoms with Crippen molar-refractivity contribution in [3.05, 3.63) is 24.3 Å². The molecule has 6 nitrogen and oxygen atoms in total. The van der Waals surface area contributed by atoms with Crippen LogP contribution < -0.4 is 10.5 Å². The maximum absolute atomic E-state index is 11.8. The molecule has 0 saturated carbocycles. The second-order valence-corrected chi connectivity index (χ2v) is 7.58. The lowest BCUT2D eigenvalue weighted by atomic mass is 10.2. The number of anilines is 1. The van der Waals surface area contributed by atoms with Gasteiger partial charge >= 0.3 is 0 Å². The van der Waals surface area contributed by atoms with Gasteiger partial charge < -0.3 is 10.5 Å². The molecule has 1 saturated heterocycles. The molecule has 1 aliphatic rings. The molecule has 1 aromatic carbocycles. The van der Waals surface area contributed by atoms with Gasteiger partial charge in [-0.25, -0.2) is 12.7 Å². The van der Waals surface area contributed by atoms with Crippen LogP contribution in [0.5, 0.6) is 5.75 Å². The van der Waals surface area contributed by atoms with Gasteiger partial charge in [0.15, 0.2) is 4.75 Å². The first kappa shape index (κ1) is 14.6. The van der Waals surface area contributed by atoms with E-state index in [0.717, 1.165) is 4.31 Å². The predicted molar refractivity (Wildman–Crippen MR) is 75.7 cm³/mol. The molecule has 0 bridgehead atoms. The van der Waals surface area contributed by atoms with Crippen LogP contribution in [0.3, 0.4) is 0 Å². The molecule has 2 N–H and O–H groups in total. The zero-order valence-electron chi connectivity index (χ0n) is 11.5. The van der Waals surface area contributed by atoms with Crippen LogP contribution in [-0.4, -0.2) is 36.5 Å². The normalized spacial score (nSPS) is 19.5. The summed E-state index contributed by atoms with van der Waals surface area (Å²) in [6, 6.07) is 6.93. The fourth-order valence-corrected chi connectivity index (χ4v) is 3.51. The Balaban J connectivity index is 1.80. The highest BCUT2D eigenvalue weighted by Crippen LogP contribution is 2.34. The standard InChI is InChI=1S/C13H18N2O4S/c1-13(2)12(16)15(20(13,17)18)8-3-9-19-11-6-4-10(14)5-7-11/h4-7H,3,8-9,14H2,1-2H3. The number of nitrogen functional groups attached to an aromatic ring is 1. The molecule has 0 radical (unpaired) electrons. The van der Waals surface area contributed by atoms with E-state index in [1.165, 1.54) is 13.8 Å². The Labute approximate surface area is 118 Å². The highest BCUT2D eigenvalue weighted by atomic mass is 32.2. The van der Waals surface area contributed by atoms with Gasteiger partial charge in [-0.05, 0) is 38.1 Å². The zero-order valence-corrected chi connectivity index (χ0v) is 12.3. The number of hydrogen-bond acceptors (Lipinski definition) is 5. The van der Waals surface area contributed by atoms with Gasteiger partial charge in [0.1, 0.15) is 5.75 Å². The van der Waals surface area contributed by atoms with Crippen molar-refractivity contribution < 1.29 is 17.9 Å². The number of carbonyl (C=O) groups is 1. The topological polar surface area (TPSA) is 89.7 Å². The minimum absolute atomic E-state index is 0.152. The Hall–Kier alpha value is -1.76. The van der Waals surface area contributed by atoms with Gasteiger partial charge in [-0.3, -0.25) is 4.79 Å². The number of sulfonamides is 1. The van der Waals surface area contributed by atoms with E-state index < -0.39 is 14.8 Å².